The van der Waals surface area contributed by atoms with Gasteiger partial charge in [0.15, 0.2) is 0 Å². The van der Waals surface area contributed by atoms with E-state index in [1.54, 1.807) is 24.8 Å². The van der Waals surface area contributed by atoms with Gasteiger partial charge in [0, 0.05) is 14.8 Å². The smallest absolute Gasteiger partial charge is 0.329 e. The Balaban J connectivity index is 1.71. The molecule has 1 heterocycles. The van der Waals surface area contributed by atoms with E-state index in [9.17, 15) is 14.4 Å². The minimum Gasteiger partial charge on any atom is -0.464 e. The summed E-state index contributed by atoms with van der Waals surface area (Å²) in [5, 5.41) is 0.215. The predicted molar refractivity (Wildman–Crippen MR) is 116 cm³/mol. The van der Waals surface area contributed by atoms with E-state index in [1.165, 1.54) is 6.92 Å². The SMILES string of the molecule is CCOC(=O)[C@H](C)N1C(=O)S/C(=C/c2ccc(Sc3ccc(Cl)cc3)cc2)C1=O. The fraction of sp³-hybridized carbons (Fsp3) is 0.190. The summed E-state index contributed by atoms with van der Waals surface area (Å²) in [6.07, 6.45) is 1.65. The van der Waals surface area contributed by atoms with Crippen LogP contribution in [0.4, 0.5) is 4.79 Å². The van der Waals surface area contributed by atoms with Crippen molar-refractivity contribution in [2.24, 2.45) is 0 Å². The number of nitrogens with zero attached hydrogens (tertiary/aromatic N) is 1. The summed E-state index contributed by atoms with van der Waals surface area (Å²) < 4.78 is 4.91. The maximum atomic E-state index is 12.6. The minimum atomic E-state index is -0.952. The predicted octanol–water partition coefficient (Wildman–Crippen LogP) is 5.48. The fourth-order valence-electron chi connectivity index (χ4n) is 2.60. The highest BCUT2D eigenvalue weighted by Gasteiger charge is 2.41. The number of hydrogen-bond acceptors (Lipinski definition) is 6. The van der Waals surface area contributed by atoms with Gasteiger partial charge in [-0.25, -0.2) is 4.79 Å². The number of hydrogen-bond donors (Lipinski definition) is 0. The third kappa shape index (κ3) is 5.23. The van der Waals surface area contributed by atoms with Crippen molar-refractivity contribution in [3.05, 3.63) is 64.0 Å². The van der Waals surface area contributed by atoms with Crippen LogP contribution in [0.1, 0.15) is 19.4 Å². The van der Waals surface area contributed by atoms with E-state index < -0.39 is 23.2 Å². The topological polar surface area (TPSA) is 63.7 Å². The lowest BCUT2D eigenvalue weighted by atomic mass is 10.2. The monoisotopic (exact) mass is 447 g/mol. The van der Waals surface area contributed by atoms with Gasteiger partial charge in [0.25, 0.3) is 11.1 Å². The van der Waals surface area contributed by atoms with Crippen LogP contribution in [0.5, 0.6) is 0 Å². The van der Waals surface area contributed by atoms with E-state index in [0.717, 1.165) is 32.0 Å². The summed E-state index contributed by atoms with van der Waals surface area (Å²) in [5.74, 6) is -1.08. The number of esters is 1. The third-order valence-corrected chi connectivity index (χ3v) is 6.22. The fourth-order valence-corrected chi connectivity index (χ4v) is 4.45. The molecule has 1 aliphatic rings. The van der Waals surface area contributed by atoms with Crippen molar-refractivity contribution in [2.45, 2.75) is 29.7 Å². The van der Waals surface area contributed by atoms with Gasteiger partial charge in [-0.15, -0.1) is 0 Å². The molecule has 0 aromatic heterocycles. The number of rotatable bonds is 6. The number of thioether (sulfide) groups is 1. The van der Waals surface area contributed by atoms with E-state index >= 15 is 0 Å². The minimum absolute atomic E-state index is 0.190. The van der Waals surface area contributed by atoms with Crippen LogP contribution in [-0.2, 0) is 14.3 Å². The van der Waals surface area contributed by atoms with E-state index in [-0.39, 0.29) is 11.5 Å². The van der Waals surface area contributed by atoms with Gasteiger partial charge in [0.1, 0.15) is 6.04 Å². The summed E-state index contributed by atoms with van der Waals surface area (Å²) in [6.45, 7) is 3.35. The first-order valence-electron chi connectivity index (χ1n) is 8.86. The van der Waals surface area contributed by atoms with Gasteiger partial charge in [-0.05, 0) is 73.6 Å². The first-order valence-corrected chi connectivity index (χ1v) is 10.9. The van der Waals surface area contributed by atoms with Crippen molar-refractivity contribution >= 4 is 58.3 Å². The number of benzene rings is 2. The Kier molecular flexibility index (Phi) is 7.05. The number of imide groups is 1. The largest absolute Gasteiger partial charge is 0.464 e. The number of carbonyl (C=O) groups is 3. The molecule has 5 nitrogen and oxygen atoms in total. The van der Waals surface area contributed by atoms with Crippen LogP contribution < -0.4 is 0 Å². The Morgan fingerprint density at radius 3 is 2.31 bits per heavy atom. The molecule has 2 amide bonds. The Labute approximate surface area is 182 Å². The third-order valence-electron chi connectivity index (χ3n) is 4.07. The van der Waals surface area contributed by atoms with Gasteiger partial charge in [-0.2, -0.15) is 0 Å². The highest BCUT2D eigenvalue weighted by atomic mass is 35.5. The Morgan fingerprint density at radius 2 is 1.72 bits per heavy atom. The van der Waals surface area contributed by atoms with E-state index in [1.807, 2.05) is 48.5 Å². The van der Waals surface area contributed by atoms with Crippen LogP contribution in [0.2, 0.25) is 5.02 Å². The number of carbonyl (C=O) groups excluding carboxylic acids is 3. The Morgan fingerprint density at radius 1 is 1.14 bits per heavy atom. The van der Waals surface area contributed by atoms with Gasteiger partial charge in [-0.1, -0.05) is 35.5 Å². The van der Waals surface area contributed by atoms with Crippen molar-refractivity contribution in [3.63, 3.8) is 0 Å². The van der Waals surface area contributed by atoms with Crippen LogP contribution in [0.3, 0.4) is 0 Å². The molecule has 1 saturated heterocycles. The second-order valence-corrected chi connectivity index (χ2v) is 8.68. The molecule has 29 heavy (non-hydrogen) atoms. The average Bonchev–Trinajstić information content (AvgIpc) is 2.98. The number of ether oxygens (including phenoxy) is 1. The van der Waals surface area contributed by atoms with Crippen molar-refractivity contribution in [1.82, 2.24) is 4.90 Å². The first-order chi connectivity index (χ1) is 13.9. The molecule has 0 N–H and O–H groups in total. The van der Waals surface area contributed by atoms with E-state index in [2.05, 4.69) is 0 Å². The van der Waals surface area contributed by atoms with Gasteiger partial charge >= 0.3 is 5.97 Å². The molecule has 0 radical (unpaired) electrons. The van der Waals surface area contributed by atoms with Crippen molar-refractivity contribution in [3.8, 4) is 0 Å². The number of halogens is 1. The lowest BCUT2D eigenvalue weighted by Crippen LogP contribution is -2.42. The summed E-state index contributed by atoms with van der Waals surface area (Å²) in [4.78, 5) is 40.0. The first kappa shape index (κ1) is 21.5. The van der Waals surface area contributed by atoms with Crippen molar-refractivity contribution < 1.29 is 19.1 Å². The van der Waals surface area contributed by atoms with Crippen LogP contribution in [-0.4, -0.2) is 34.7 Å². The van der Waals surface area contributed by atoms with Crippen LogP contribution >= 0.6 is 35.1 Å². The molecule has 0 unspecified atom stereocenters. The van der Waals surface area contributed by atoms with E-state index in [0.29, 0.717) is 5.02 Å². The summed E-state index contributed by atoms with van der Waals surface area (Å²) in [7, 11) is 0. The Bertz CT molecular complexity index is 958. The maximum absolute atomic E-state index is 12.6. The zero-order valence-electron chi connectivity index (χ0n) is 15.8. The van der Waals surface area contributed by atoms with Crippen LogP contribution in [0.15, 0.2) is 63.2 Å². The molecule has 0 saturated carbocycles. The van der Waals surface area contributed by atoms with Gasteiger partial charge in [-0.3, -0.25) is 14.5 Å². The molecule has 1 aliphatic heterocycles. The molecule has 1 atom stereocenters. The van der Waals surface area contributed by atoms with Crippen molar-refractivity contribution in [1.29, 1.82) is 0 Å². The standard InChI is InChI=1S/C21H18ClNO4S2/c1-3-27-20(25)13(2)23-19(24)18(29-21(23)26)12-14-4-8-16(9-5-14)28-17-10-6-15(22)7-11-17/h4-13H,3H2,1-2H3/b18-12+/t13-/m0/s1. The molecule has 2 aromatic rings. The second kappa shape index (κ2) is 9.52. The highest BCUT2D eigenvalue weighted by molar-refractivity contribution is 8.18. The molecule has 2 aromatic carbocycles. The van der Waals surface area contributed by atoms with Crippen molar-refractivity contribution in [2.75, 3.05) is 6.61 Å². The lowest BCUT2D eigenvalue weighted by molar-refractivity contribution is -0.150. The molecule has 0 aliphatic carbocycles. The quantitative estimate of drug-likeness (QED) is 0.431. The highest BCUT2D eigenvalue weighted by Crippen LogP contribution is 2.34. The summed E-state index contributed by atoms with van der Waals surface area (Å²) in [6, 6.07) is 14.3. The average molecular weight is 448 g/mol. The Hall–Kier alpha value is -2.22. The normalized spacial score (nSPS) is 16.4. The zero-order valence-corrected chi connectivity index (χ0v) is 18.1. The van der Waals surface area contributed by atoms with Gasteiger partial charge in [0.05, 0.1) is 11.5 Å². The van der Waals surface area contributed by atoms with Gasteiger partial charge < -0.3 is 4.74 Å². The zero-order chi connectivity index (χ0) is 21.0. The number of amides is 2. The molecule has 8 heteroatoms. The molecular formula is C21H18ClNO4S2. The lowest BCUT2D eigenvalue weighted by Gasteiger charge is -2.19. The second-order valence-electron chi connectivity index (χ2n) is 6.10. The molecule has 3 rings (SSSR count). The molecular weight excluding hydrogens is 430 g/mol. The molecule has 0 bridgehead atoms. The molecule has 1 fully saturated rings. The molecule has 0 spiro atoms. The van der Waals surface area contributed by atoms with E-state index in [4.69, 9.17) is 16.3 Å². The van der Waals surface area contributed by atoms with Gasteiger partial charge in [0.2, 0.25) is 0 Å². The maximum Gasteiger partial charge on any atom is 0.329 e. The summed E-state index contributed by atoms with van der Waals surface area (Å²) in [5.41, 5.74) is 0.791. The molecule has 150 valence electrons. The van der Waals surface area contributed by atoms with Crippen LogP contribution in [0.25, 0.3) is 6.08 Å². The summed E-state index contributed by atoms with van der Waals surface area (Å²) >= 11 is 8.32. The van der Waals surface area contributed by atoms with Crippen LogP contribution in [0, 0.1) is 0 Å².